The predicted molar refractivity (Wildman–Crippen MR) is 101 cm³/mol. The first-order valence-corrected chi connectivity index (χ1v) is 8.95. The molecule has 9 heteroatoms. The van der Waals surface area contributed by atoms with Gasteiger partial charge in [-0.15, -0.1) is 5.10 Å². The Kier molecular flexibility index (Phi) is 5.29. The van der Waals surface area contributed by atoms with Gasteiger partial charge in [-0.2, -0.15) is 0 Å². The third kappa shape index (κ3) is 3.83. The lowest BCUT2D eigenvalue weighted by Crippen LogP contribution is -2.09. The SMILES string of the molecule is Cc1ncc(Cn2nnc(COc3ccccc3Br)c2I)c(N)n1. The van der Waals surface area contributed by atoms with Gasteiger partial charge in [0, 0.05) is 11.8 Å². The Balaban J connectivity index is 1.73. The number of nitrogens with zero attached hydrogens (tertiary/aromatic N) is 5. The highest BCUT2D eigenvalue weighted by Gasteiger charge is 2.13. The average molecular weight is 501 g/mol. The van der Waals surface area contributed by atoms with E-state index in [1.807, 2.05) is 24.3 Å². The molecule has 3 aromatic rings. The van der Waals surface area contributed by atoms with E-state index in [1.165, 1.54) is 0 Å². The maximum Gasteiger partial charge on any atom is 0.135 e. The number of nitrogens with two attached hydrogens (primary N) is 1. The van der Waals surface area contributed by atoms with Crippen LogP contribution in [0.5, 0.6) is 5.75 Å². The van der Waals surface area contributed by atoms with Crippen LogP contribution in [0.1, 0.15) is 17.1 Å². The fourth-order valence-corrected chi connectivity index (χ4v) is 2.96. The molecule has 24 heavy (non-hydrogen) atoms. The third-order valence-corrected chi connectivity index (χ3v) is 5.11. The zero-order chi connectivity index (χ0) is 17.1. The van der Waals surface area contributed by atoms with Gasteiger partial charge in [-0.3, -0.25) is 0 Å². The fraction of sp³-hybridized carbons (Fsp3) is 0.200. The van der Waals surface area contributed by atoms with Crippen LogP contribution >= 0.6 is 38.5 Å². The molecule has 2 N–H and O–H groups in total. The second kappa shape index (κ2) is 7.43. The van der Waals surface area contributed by atoms with Gasteiger partial charge in [0.1, 0.15) is 33.4 Å². The molecule has 2 aromatic heterocycles. The van der Waals surface area contributed by atoms with Crippen molar-refractivity contribution < 1.29 is 4.74 Å². The summed E-state index contributed by atoms with van der Waals surface area (Å²) in [6, 6.07) is 7.68. The Hall–Kier alpha value is -1.75. The van der Waals surface area contributed by atoms with Crippen LogP contribution < -0.4 is 10.5 Å². The predicted octanol–water partition coefficient (Wildman–Crippen LogP) is 2.95. The van der Waals surface area contributed by atoms with Crippen LogP contribution in [-0.4, -0.2) is 25.0 Å². The zero-order valence-electron chi connectivity index (χ0n) is 12.8. The van der Waals surface area contributed by atoms with E-state index in [0.29, 0.717) is 24.8 Å². The highest BCUT2D eigenvalue weighted by atomic mass is 127. The molecule has 0 aliphatic carbocycles. The van der Waals surface area contributed by atoms with Crippen molar-refractivity contribution in [2.24, 2.45) is 0 Å². The zero-order valence-corrected chi connectivity index (χ0v) is 16.5. The Morgan fingerprint density at radius 1 is 1.33 bits per heavy atom. The fourth-order valence-electron chi connectivity index (χ4n) is 2.03. The van der Waals surface area contributed by atoms with E-state index in [0.717, 1.165) is 25.2 Å². The smallest absolute Gasteiger partial charge is 0.135 e. The van der Waals surface area contributed by atoms with Crippen molar-refractivity contribution in [2.75, 3.05) is 5.73 Å². The van der Waals surface area contributed by atoms with Gasteiger partial charge in [0.05, 0.1) is 11.0 Å². The van der Waals surface area contributed by atoms with Gasteiger partial charge in [-0.1, -0.05) is 17.3 Å². The number of rotatable bonds is 5. The molecule has 0 unspecified atom stereocenters. The summed E-state index contributed by atoms with van der Waals surface area (Å²) in [5, 5.41) is 8.35. The Morgan fingerprint density at radius 3 is 2.88 bits per heavy atom. The van der Waals surface area contributed by atoms with E-state index in [2.05, 4.69) is 58.8 Å². The van der Waals surface area contributed by atoms with E-state index in [1.54, 1.807) is 17.8 Å². The minimum Gasteiger partial charge on any atom is -0.486 e. The first-order valence-electron chi connectivity index (χ1n) is 7.08. The summed E-state index contributed by atoms with van der Waals surface area (Å²) in [7, 11) is 0. The standard InChI is InChI=1S/C15H14BrIN6O/c1-9-19-6-10(15(18)20-9)7-23-14(17)12(21-22-23)8-24-13-5-3-2-4-11(13)16/h2-6H,7-8H2,1H3,(H2,18,19,20). The summed E-state index contributed by atoms with van der Waals surface area (Å²) >= 11 is 5.65. The molecule has 124 valence electrons. The lowest BCUT2D eigenvalue weighted by Gasteiger charge is -2.07. The van der Waals surface area contributed by atoms with E-state index in [-0.39, 0.29) is 0 Å². The van der Waals surface area contributed by atoms with Crippen molar-refractivity contribution >= 4 is 44.3 Å². The summed E-state index contributed by atoms with van der Waals surface area (Å²) in [5.41, 5.74) is 7.50. The molecule has 0 bridgehead atoms. The maximum atomic E-state index is 5.93. The van der Waals surface area contributed by atoms with Crippen LogP contribution in [0, 0.1) is 10.6 Å². The molecule has 3 rings (SSSR count). The lowest BCUT2D eigenvalue weighted by molar-refractivity contribution is 0.298. The molecule has 7 nitrogen and oxygen atoms in total. The van der Waals surface area contributed by atoms with Crippen LogP contribution in [0.3, 0.4) is 0 Å². The van der Waals surface area contributed by atoms with Crippen LogP contribution in [0.4, 0.5) is 5.82 Å². The molecular weight excluding hydrogens is 487 g/mol. The summed E-state index contributed by atoms with van der Waals surface area (Å²) in [4.78, 5) is 8.34. The van der Waals surface area contributed by atoms with E-state index in [9.17, 15) is 0 Å². The molecule has 0 amide bonds. The summed E-state index contributed by atoms with van der Waals surface area (Å²) in [5.74, 6) is 1.87. The summed E-state index contributed by atoms with van der Waals surface area (Å²) < 4.78 is 9.33. The monoisotopic (exact) mass is 500 g/mol. The van der Waals surface area contributed by atoms with Crippen LogP contribution in [-0.2, 0) is 13.2 Å². The first-order chi connectivity index (χ1) is 11.5. The normalized spacial score (nSPS) is 10.8. The van der Waals surface area contributed by atoms with Crippen molar-refractivity contribution in [1.82, 2.24) is 25.0 Å². The first kappa shape index (κ1) is 17.1. The van der Waals surface area contributed by atoms with E-state index in [4.69, 9.17) is 10.5 Å². The molecule has 0 radical (unpaired) electrons. The quantitative estimate of drug-likeness (QED) is 0.541. The van der Waals surface area contributed by atoms with Gasteiger partial charge in [-0.05, 0) is 57.6 Å². The van der Waals surface area contributed by atoms with Gasteiger partial charge in [0.25, 0.3) is 0 Å². The van der Waals surface area contributed by atoms with Gasteiger partial charge < -0.3 is 10.5 Å². The lowest BCUT2D eigenvalue weighted by atomic mass is 10.3. The highest BCUT2D eigenvalue weighted by molar-refractivity contribution is 14.1. The van der Waals surface area contributed by atoms with Gasteiger partial charge >= 0.3 is 0 Å². The van der Waals surface area contributed by atoms with Crippen molar-refractivity contribution in [2.45, 2.75) is 20.1 Å². The number of halogens is 2. The van der Waals surface area contributed by atoms with Crippen LogP contribution in [0.15, 0.2) is 34.9 Å². The number of benzene rings is 1. The van der Waals surface area contributed by atoms with Gasteiger partial charge in [0.2, 0.25) is 0 Å². The van der Waals surface area contributed by atoms with Crippen molar-refractivity contribution in [3.63, 3.8) is 0 Å². The highest BCUT2D eigenvalue weighted by Crippen LogP contribution is 2.25. The molecule has 0 saturated heterocycles. The number of aromatic nitrogens is 5. The molecule has 0 aliphatic heterocycles. The molecule has 0 fully saturated rings. The molecule has 0 saturated carbocycles. The number of anilines is 1. The number of ether oxygens (including phenoxy) is 1. The molecule has 0 atom stereocenters. The number of para-hydroxylation sites is 1. The van der Waals surface area contributed by atoms with Crippen molar-refractivity contribution in [3.8, 4) is 5.75 Å². The maximum absolute atomic E-state index is 5.93. The average Bonchev–Trinajstić information content (AvgIpc) is 2.90. The number of hydrogen-bond donors (Lipinski definition) is 1. The number of nitrogen functional groups attached to an aromatic ring is 1. The van der Waals surface area contributed by atoms with E-state index >= 15 is 0 Å². The minimum absolute atomic E-state index is 0.334. The van der Waals surface area contributed by atoms with Gasteiger partial charge in [-0.25, -0.2) is 14.6 Å². The summed E-state index contributed by atoms with van der Waals surface area (Å²) in [6.45, 7) is 2.60. The molecule has 0 aliphatic rings. The number of hydrogen-bond acceptors (Lipinski definition) is 6. The Morgan fingerprint density at radius 2 is 2.12 bits per heavy atom. The second-order valence-corrected chi connectivity index (χ2v) is 6.91. The topological polar surface area (TPSA) is 91.7 Å². The molecule has 2 heterocycles. The minimum atomic E-state index is 0.334. The molecular formula is C15H14BrIN6O. The number of aryl methyl sites for hydroxylation is 1. The molecule has 0 spiro atoms. The summed E-state index contributed by atoms with van der Waals surface area (Å²) in [6.07, 6.45) is 1.71. The van der Waals surface area contributed by atoms with Crippen LogP contribution in [0.2, 0.25) is 0 Å². The third-order valence-electron chi connectivity index (χ3n) is 3.28. The van der Waals surface area contributed by atoms with E-state index < -0.39 is 0 Å². The van der Waals surface area contributed by atoms with Crippen molar-refractivity contribution in [1.29, 1.82) is 0 Å². The second-order valence-electron chi connectivity index (χ2n) is 5.03. The molecule has 1 aromatic carbocycles. The Bertz CT molecular complexity index is 869. The van der Waals surface area contributed by atoms with Gasteiger partial charge in [0.15, 0.2) is 0 Å². The largest absolute Gasteiger partial charge is 0.486 e. The Labute approximate surface area is 160 Å². The van der Waals surface area contributed by atoms with Crippen molar-refractivity contribution in [3.05, 3.63) is 55.7 Å². The van der Waals surface area contributed by atoms with Crippen LogP contribution in [0.25, 0.3) is 0 Å².